The number of benzene rings is 9. The third kappa shape index (κ3) is 5.46. The number of hydrogen-bond acceptors (Lipinski definition) is 1. The number of anilines is 2. The highest BCUT2D eigenvalue weighted by Crippen LogP contribution is 2.57. The lowest BCUT2D eigenvalue weighted by Gasteiger charge is -2.35. The molecule has 1 nitrogen and oxygen atoms in total. The van der Waals surface area contributed by atoms with E-state index < -0.39 is 54.5 Å². The van der Waals surface area contributed by atoms with Crippen LogP contribution < -0.4 is 4.90 Å². The number of fused-ring (bicyclic) bond motifs is 6. The summed E-state index contributed by atoms with van der Waals surface area (Å²) in [6, 6.07) is 58.3. The van der Waals surface area contributed by atoms with Crippen molar-refractivity contribution in [3.8, 4) is 22.3 Å². The van der Waals surface area contributed by atoms with E-state index in [1.165, 1.54) is 0 Å². The molecule has 0 N–H and O–H groups in total. The molecule has 9 aromatic carbocycles. The lowest BCUT2D eigenvalue weighted by molar-refractivity contribution is 0.768. The molecule has 0 spiro atoms. The van der Waals surface area contributed by atoms with E-state index in [0.717, 1.165) is 66.1 Å². The van der Waals surface area contributed by atoms with Crippen molar-refractivity contribution in [3.05, 3.63) is 258 Å². The van der Waals surface area contributed by atoms with E-state index in [0.29, 0.717) is 11.4 Å². The summed E-state index contributed by atoms with van der Waals surface area (Å²) >= 11 is 0. The summed E-state index contributed by atoms with van der Waals surface area (Å²) < 4.78 is 81.5. The Morgan fingerprint density at radius 2 is 1.10 bits per heavy atom. The zero-order valence-corrected chi connectivity index (χ0v) is 31.4. The maximum Gasteiger partial charge on any atom is 0.0714 e. The Labute approximate surface area is 353 Å². The van der Waals surface area contributed by atoms with E-state index in [1.54, 1.807) is 0 Å². The van der Waals surface area contributed by atoms with E-state index >= 15 is 0 Å². The van der Waals surface area contributed by atoms with Gasteiger partial charge in [0.05, 0.1) is 15.0 Å². The van der Waals surface area contributed by atoms with Crippen LogP contribution in [-0.4, -0.2) is 0 Å². The molecule has 11 rings (SSSR count). The molecule has 0 aliphatic heterocycles. The van der Waals surface area contributed by atoms with Gasteiger partial charge in [-0.25, -0.2) is 0 Å². The molecule has 0 radical (unpaired) electrons. The molecule has 0 bridgehead atoms. The van der Waals surface area contributed by atoms with Crippen LogP contribution >= 0.6 is 0 Å². The molecule has 2 atom stereocenters. The first-order valence-electron chi connectivity index (χ1n) is 24.2. The van der Waals surface area contributed by atoms with Gasteiger partial charge in [0.25, 0.3) is 0 Å². The van der Waals surface area contributed by atoms with Crippen LogP contribution in [0, 0.1) is 0 Å². The lowest BCUT2D eigenvalue weighted by atomic mass is 9.67. The molecular formula is C57H41N. The zero-order chi connectivity index (χ0) is 46.3. The van der Waals surface area contributed by atoms with Crippen molar-refractivity contribution in [2.24, 2.45) is 0 Å². The second-order valence-electron chi connectivity index (χ2n) is 14.7. The van der Waals surface area contributed by atoms with Crippen molar-refractivity contribution in [1.29, 1.82) is 0 Å². The second-order valence-corrected chi connectivity index (χ2v) is 14.7. The Kier molecular flexibility index (Phi) is 6.27. The summed E-state index contributed by atoms with van der Waals surface area (Å²) in [4.78, 5) is 1.82. The maximum atomic E-state index is 9.90. The van der Waals surface area contributed by atoms with E-state index in [9.17, 15) is 5.48 Å². The average molecular weight is 749 g/mol. The normalized spacial score (nSPS) is 19.1. The molecule has 0 amide bonds. The minimum absolute atomic E-state index is 0.0575. The van der Waals surface area contributed by atoms with Gasteiger partial charge in [-0.2, -0.15) is 0 Å². The second kappa shape index (κ2) is 14.1. The number of nitrogens with zero attached hydrogens (tertiary/aromatic N) is 1. The van der Waals surface area contributed by atoms with Gasteiger partial charge in [0.15, 0.2) is 0 Å². The Hall–Kier alpha value is -7.22. The van der Waals surface area contributed by atoms with Crippen LogP contribution in [0.3, 0.4) is 0 Å². The molecule has 0 saturated heterocycles. The van der Waals surface area contributed by atoms with Crippen LogP contribution in [0.1, 0.15) is 52.9 Å². The summed E-state index contributed by atoms with van der Waals surface area (Å²) in [7, 11) is 0. The third-order valence-corrected chi connectivity index (χ3v) is 11.6. The van der Waals surface area contributed by atoms with Gasteiger partial charge in [-0.05, 0) is 126 Å². The standard InChI is InChI=1S/C57H41N/c1-4-17-40(18-5-1)41-31-33-46(34-32-41)58(47-25-16-20-42(37-47)54-38-43-19-10-11-26-49(43)50-27-12-13-28-51(50)54)48-35-36-53-52-29-14-15-30-55(52)57(56(53)39-48,44-21-6-2-7-22-44)45-23-8-3-9-24-45/h1-31,33,35-39H,32,34H2/i1D,4D,5D,17D,18D,31D,32D,33D,34D. The molecular weight excluding hydrogens is 699 g/mol. The first kappa shape index (κ1) is 25.8. The molecule has 0 saturated carbocycles. The number of allylic oxidation sites excluding steroid dienone is 4. The van der Waals surface area contributed by atoms with E-state index in [1.807, 2.05) is 102 Å². The van der Waals surface area contributed by atoms with E-state index in [4.69, 9.17) is 6.85 Å². The minimum Gasteiger partial charge on any atom is -0.314 e. The first-order valence-corrected chi connectivity index (χ1v) is 19.5. The SMILES string of the molecule is [2H]C1=C(c2c([2H])c([2H])c([2H])c([2H])c2[2H])C([2H])C([2H])C(N(c2cccc(-c3cc4ccccc4c4ccccc34)c2)c2ccc3c(c2)C(c2ccccc2)(c2ccccc2)c2ccccc2-3)=C1[2H]. The summed E-state index contributed by atoms with van der Waals surface area (Å²) in [5.74, 6) is 0. The van der Waals surface area contributed by atoms with Crippen molar-refractivity contribution in [3.63, 3.8) is 0 Å². The quantitative estimate of drug-likeness (QED) is 0.147. The predicted molar refractivity (Wildman–Crippen MR) is 245 cm³/mol. The van der Waals surface area contributed by atoms with Crippen LogP contribution in [0.4, 0.5) is 11.4 Å². The molecule has 2 unspecified atom stereocenters. The van der Waals surface area contributed by atoms with Crippen LogP contribution in [0.25, 0.3) is 49.4 Å². The number of hydrogen-bond donors (Lipinski definition) is 0. The zero-order valence-electron chi connectivity index (χ0n) is 40.4. The van der Waals surface area contributed by atoms with Gasteiger partial charge in [-0.15, -0.1) is 0 Å². The first-order chi connectivity index (χ1) is 32.5. The smallest absolute Gasteiger partial charge is 0.0714 e. The van der Waals surface area contributed by atoms with Crippen molar-refractivity contribution >= 4 is 38.5 Å². The Bertz CT molecular complexity index is 3480. The van der Waals surface area contributed by atoms with Gasteiger partial charge >= 0.3 is 0 Å². The third-order valence-electron chi connectivity index (χ3n) is 11.6. The molecule has 1 heteroatoms. The van der Waals surface area contributed by atoms with Gasteiger partial charge < -0.3 is 4.90 Å². The highest BCUT2D eigenvalue weighted by molar-refractivity contribution is 6.14. The fourth-order valence-electron chi connectivity index (χ4n) is 9.14. The van der Waals surface area contributed by atoms with Crippen LogP contribution in [0.15, 0.2) is 230 Å². The summed E-state index contributed by atoms with van der Waals surface area (Å²) in [5, 5.41) is 4.36. The average Bonchev–Trinajstić information content (AvgIpc) is 3.67. The summed E-state index contributed by atoms with van der Waals surface area (Å²) in [6.07, 6.45) is -3.13. The van der Waals surface area contributed by atoms with Crippen LogP contribution in [0.2, 0.25) is 0 Å². The lowest BCUT2D eigenvalue weighted by Crippen LogP contribution is -2.29. The molecule has 0 heterocycles. The number of rotatable bonds is 7. The Balaban J connectivity index is 1.20. The minimum atomic E-state index is -1.60. The van der Waals surface area contributed by atoms with Crippen molar-refractivity contribution in [1.82, 2.24) is 0 Å². The topological polar surface area (TPSA) is 3.24 Å². The summed E-state index contributed by atoms with van der Waals surface area (Å²) in [5.41, 5.74) is 8.08. The highest BCUT2D eigenvalue weighted by Gasteiger charge is 2.46. The van der Waals surface area contributed by atoms with Crippen molar-refractivity contribution in [2.75, 3.05) is 4.90 Å². The molecule has 0 aromatic heterocycles. The highest BCUT2D eigenvalue weighted by atomic mass is 15.1. The summed E-state index contributed by atoms with van der Waals surface area (Å²) in [6.45, 7) is 0. The van der Waals surface area contributed by atoms with Crippen LogP contribution in [0.5, 0.6) is 0 Å². The van der Waals surface area contributed by atoms with Crippen LogP contribution in [-0.2, 0) is 5.41 Å². The molecule has 9 aromatic rings. The van der Waals surface area contributed by atoms with E-state index in [2.05, 4.69) is 84.9 Å². The van der Waals surface area contributed by atoms with Gasteiger partial charge in [0.1, 0.15) is 0 Å². The predicted octanol–water partition coefficient (Wildman–Crippen LogP) is 14.9. The monoisotopic (exact) mass is 748 g/mol. The maximum absolute atomic E-state index is 9.90. The largest absolute Gasteiger partial charge is 0.314 e. The van der Waals surface area contributed by atoms with Gasteiger partial charge in [-0.1, -0.05) is 188 Å². The van der Waals surface area contributed by atoms with Gasteiger partial charge in [0, 0.05) is 19.8 Å². The fourth-order valence-corrected chi connectivity index (χ4v) is 9.14. The van der Waals surface area contributed by atoms with Gasteiger partial charge in [0.2, 0.25) is 0 Å². The molecule has 0 fully saturated rings. The molecule has 274 valence electrons. The van der Waals surface area contributed by atoms with Crippen molar-refractivity contribution in [2.45, 2.75) is 18.2 Å². The molecule has 2 aliphatic carbocycles. The van der Waals surface area contributed by atoms with E-state index in [-0.39, 0.29) is 22.9 Å². The molecule has 2 aliphatic rings. The van der Waals surface area contributed by atoms with Gasteiger partial charge in [-0.3, -0.25) is 0 Å². The van der Waals surface area contributed by atoms with Crippen molar-refractivity contribution < 1.29 is 12.3 Å². The molecule has 58 heavy (non-hydrogen) atoms. The fraction of sp³-hybridized carbons (Fsp3) is 0.0526. The Morgan fingerprint density at radius 3 is 1.90 bits per heavy atom. The Morgan fingerprint density at radius 1 is 0.448 bits per heavy atom.